The molecule has 2 aromatic rings. The predicted molar refractivity (Wildman–Crippen MR) is 107 cm³/mol. The minimum Gasteiger partial charge on any atom is -0.484 e. The van der Waals surface area contributed by atoms with E-state index in [-0.39, 0.29) is 17.9 Å². The van der Waals surface area contributed by atoms with Crippen molar-refractivity contribution >= 4 is 11.6 Å². The van der Waals surface area contributed by atoms with Gasteiger partial charge in [-0.2, -0.15) is 5.10 Å². The number of nitrogens with one attached hydrogen (secondary N) is 1. The number of carbonyl (C=O) groups excluding carboxylic acids is 1. The molecule has 0 aromatic heterocycles. The summed E-state index contributed by atoms with van der Waals surface area (Å²) in [6, 6.07) is 17.7. The monoisotopic (exact) mass is 352 g/mol. The Balaban J connectivity index is 1.91. The zero-order chi connectivity index (χ0) is 19.0. The van der Waals surface area contributed by atoms with Crippen LogP contribution in [-0.2, 0) is 10.2 Å². The van der Waals surface area contributed by atoms with Gasteiger partial charge in [-0.3, -0.25) is 4.79 Å². The Bertz CT molecular complexity index is 729. The quantitative estimate of drug-likeness (QED) is 0.581. The van der Waals surface area contributed by atoms with Crippen molar-refractivity contribution in [3.8, 4) is 5.75 Å². The maximum absolute atomic E-state index is 12.0. The van der Waals surface area contributed by atoms with Crippen molar-refractivity contribution < 1.29 is 9.53 Å². The minimum absolute atomic E-state index is 0.0629. The predicted octanol–water partition coefficient (Wildman–Crippen LogP) is 4.68. The number of rotatable bonds is 7. The van der Waals surface area contributed by atoms with Crippen molar-refractivity contribution in [2.75, 3.05) is 6.61 Å². The van der Waals surface area contributed by atoms with Crippen molar-refractivity contribution in [1.82, 2.24) is 5.43 Å². The second-order valence-corrected chi connectivity index (χ2v) is 7.27. The summed E-state index contributed by atoms with van der Waals surface area (Å²) < 4.78 is 5.55. The molecule has 0 heterocycles. The van der Waals surface area contributed by atoms with Gasteiger partial charge in [-0.15, -0.1) is 0 Å². The number of benzene rings is 2. The van der Waals surface area contributed by atoms with Gasteiger partial charge in [0.15, 0.2) is 6.61 Å². The lowest BCUT2D eigenvalue weighted by molar-refractivity contribution is -0.123. The van der Waals surface area contributed by atoms with E-state index in [0.29, 0.717) is 5.75 Å². The molecule has 0 aliphatic carbocycles. The third-order valence-corrected chi connectivity index (χ3v) is 4.00. The summed E-state index contributed by atoms with van der Waals surface area (Å²) in [5.41, 5.74) is 5.81. The van der Waals surface area contributed by atoms with Crippen molar-refractivity contribution in [2.45, 2.75) is 46.0 Å². The summed E-state index contributed by atoms with van der Waals surface area (Å²) >= 11 is 0. The van der Waals surface area contributed by atoms with E-state index >= 15 is 0 Å². The molecule has 4 nitrogen and oxygen atoms in total. The van der Waals surface area contributed by atoms with Crippen LogP contribution in [0.5, 0.6) is 5.75 Å². The molecule has 0 atom stereocenters. The van der Waals surface area contributed by atoms with E-state index in [1.165, 1.54) is 5.56 Å². The Morgan fingerprint density at radius 3 is 2.27 bits per heavy atom. The molecular weight excluding hydrogens is 324 g/mol. The Morgan fingerprint density at radius 2 is 1.69 bits per heavy atom. The largest absolute Gasteiger partial charge is 0.484 e. The van der Waals surface area contributed by atoms with E-state index in [4.69, 9.17) is 4.74 Å². The number of amides is 1. The zero-order valence-electron chi connectivity index (χ0n) is 16.1. The average Bonchev–Trinajstić information content (AvgIpc) is 2.63. The van der Waals surface area contributed by atoms with E-state index in [0.717, 1.165) is 24.1 Å². The molecule has 4 heteroatoms. The number of ether oxygens (including phenoxy) is 1. The first-order chi connectivity index (χ1) is 12.4. The van der Waals surface area contributed by atoms with Crippen LogP contribution in [0.25, 0.3) is 0 Å². The van der Waals surface area contributed by atoms with Gasteiger partial charge < -0.3 is 4.74 Å². The number of carbonyl (C=O) groups is 1. The first-order valence-corrected chi connectivity index (χ1v) is 9.04. The van der Waals surface area contributed by atoms with E-state index in [1.54, 1.807) is 0 Å². The van der Waals surface area contributed by atoms with Crippen LogP contribution in [-0.4, -0.2) is 18.2 Å². The molecule has 0 spiro atoms. The Morgan fingerprint density at radius 1 is 1.04 bits per heavy atom. The Kier molecular flexibility index (Phi) is 6.96. The Labute approximate surface area is 156 Å². The lowest BCUT2D eigenvalue weighted by atomic mass is 9.87. The van der Waals surface area contributed by atoms with Gasteiger partial charge >= 0.3 is 0 Å². The van der Waals surface area contributed by atoms with Crippen molar-refractivity contribution in [1.29, 1.82) is 0 Å². The number of hydrazone groups is 1. The van der Waals surface area contributed by atoms with Gasteiger partial charge in [0, 0.05) is 0 Å². The van der Waals surface area contributed by atoms with E-state index < -0.39 is 0 Å². The number of hydrogen-bond acceptors (Lipinski definition) is 3. The van der Waals surface area contributed by atoms with Crippen LogP contribution in [0.4, 0.5) is 0 Å². The molecule has 0 aliphatic heterocycles. The maximum Gasteiger partial charge on any atom is 0.277 e. The van der Waals surface area contributed by atoms with Crippen molar-refractivity contribution in [2.24, 2.45) is 5.10 Å². The summed E-state index contributed by atoms with van der Waals surface area (Å²) in [6.07, 6.45) is 1.76. The topological polar surface area (TPSA) is 50.7 Å². The Hall–Kier alpha value is -2.62. The second kappa shape index (κ2) is 9.18. The molecule has 1 amide bonds. The fourth-order valence-corrected chi connectivity index (χ4v) is 2.49. The standard InChI is InChI=1S/C22H28N2O2/c1-5-9-20(17-10-7-6-8-11-17)23-24-21(25)16-26-19-14-12-18(13-15-19)22(2,3)4/h6-8,10-15H,5,9,16H2,1-4H3,(H,24,25)/b23-20+. The highest BCUT2D eigenvalue weighted by atomic mass is 16.5. The lowest BCUT2D eigenvalue weighted by Crippen LogP contribution is -2.26. The molecule has 0 radical (unpaired) electrons. The second-order valence-electron chi connectivity index (χ2n) is 7.27. The summed E-state index contributed by atoms with van der Waals surface area (Å²) in [7, 11) is 0. The molecule has 2 aromatic carbocycles. The first-order valence-electron chi connectivity index (χ1n) is 9.04. The van der Waals surface area contributed by atoms with Crippen LogP contribution in [0, 0.1) is 0 Å². The average molecular weight is 352 g/mol. The van der Waals surface area contributed by atoms with Gasteiger partial charge in [-0.1, -0.05) is 76.6 Å². The first kappa shape index (κ1) is 19.7. The molecule has 0 saturated heterocycles. The van der Waals surface area contributed by atoms with Gasteiger partial charge in [0.25, 0.3) is 5.91 Å². The van der Waals surface area contributed by atoms with E-state index in [1.807, 2.05) is 54.6 Å². The highest BCUT2D eigenvalue weighted by Crippen LogP contribution is 2.24. The maximum atomic E-state index is 12.0. The summed E-state index contributed by atoms with van der Waals surface area (Å²) in [5, 5.41) is 4.28. The molecule has 1 N–H and O–H groups in total. The third kappa shape index (κ3) is 6.03. The zero-order valence-corrected chi connectivity index (χ0v) is 16.1. The minimum atomic E-state index is -0.269. The molecule has 0 aliphatic rings. The van der Waals surface area contributed by atoms with Crippen LogP contribution in [0.15, 0.2) is 59.7 Å². The molecule has 0 bridgehead atoms. The van der Waals surface area contributed by atoms with Crippen molar-refractivity contribution in [3.05, 3.63) is 65.7 Å². The van der Waals surface area contributed by atoms with Gasteiger partial charge in [-0.25, -0.2) is 5.43 Å². The smallest absolute Gasteiger partial charge is 0.277 e. The summed E-state index contributed by atoms with van der Waals surface area (Å²) in [6.45, 7) is 8.51. The van der Waals surface area contributed by atoms with Crippen molar-refractivity contribution in [3.63, 3.8) is 0 Å². The van der Waals surface area contributed by atoms with E-state index in [9.17, 15) is 4.79 Å². The third-order valence-electron chi connectivity index (χ3n) is 4.00. The molecule has 0 unspecified atom stereocenters. The molecular formula is C22H28N2O2. The van der Waals surface area contributed by atoms with Crippen LogP contribution in [0.2, 0.25) is 0 Å². The van der Waals surface area contributed by atoms with Gasteiger partial charge in [-0.05, 0) is 35.1 Å². The molecule has 2 rings (SSSR count). The summed E-state index contributed by atoms with van der Waals surface area (Å²) in [4.78, 5) is 12.0. The number of nitrogens with zero attached hydrogens (tertiary/aromatic N) is 1. The van der Waals surface area contributed by atoms with Crippen LogP contribution in [0.1, 0.15) is 51.7 Å². The highest BCUT2D eigenvalue weighted by Gasteiger charge is 2.13. The fourth-order valence-electron chi connectivity index (χ4n) is 2.49. The number of hydrogen-bond donors (Lipinski definition) is 1. The normalized spacial score (nSPS) is 11.9. The lowest BCUT2D eigenvalue weighted by Gasteiger charge is -2.19. The van der Waals surface area contributed by atoms with E-state index in [2.05, 4.69) is 38.2 Å². The summed E-state index contributed by atoms with van der Waals surface area (Å²) in [5.74, 6) is 0.406. The fraction of sp³-hybridized carbons (Fsp3) is 0.364. The van der Waals surface area contributed by atoms with Gasteiger partial charge in [0.1, 0.15) is 5.75 Å². The van der Waals surface area contributed by atoms with Gasteiger partial charge in [0.05, 0.1) is 5.71 Å². The molecule has 0 saturated carbocycles. The van der Waals surface area contributed by atoms with Crippen LogP contribution >= 0.6 is 0 Å². The SMILES string of the molecule is CCC/C(=N\NC(=O)COc1ccc(C(C)(C)C)cc1)c1ccccc1. The van der Waals surface area contributed by atoms with Crippen LogP contribution in [0.3, 0.4) is 0 Å². The highest BCUT2D eigenvalue weighted by molar-refractivity contribution is 6.01. The molecule has 138 valence electrons. The van der Waals surface area contributed by atoms with Gasteiger partial charge in [0.2, 0.25) is 0 Å². The molecule has 26 heavy (non-hydrogen) atoms. The van der Waals surface area contributed by atoms with Crippen LogP contribution < -0.4 is 10.2 Å². The molecule has 0 fully saturated rings.